The van der Waals surface area contributed by atoms with Gasteiger partial charge in [0, 0.05) is 11.4 Å². The van der Waals surface area contributed by atoms with E-state index in [2.05, 4.69) is 10.0 Å². The van der Waals surface area contributed by atoms with E-state index in [1.54, 1.807) is 30.3 Å². The number of benzene rings is 3. The fourth-order valence-corrected chi connectivity index (χ4v) is 4.96. The zero-order chi connectivity index (χ0) is 24.1. The molecule has 0 saturated heterocycles. The molecule has 3 aromatic rings. The Morgan fingerprint density at radius 2 is 1.79 bits per heavy atom. The number of carbonyl (C=O) groups excluding carboxylic acids is 1. The Kier molecular flexibility index (Phi) is 6.93. The maximum atomic E-state index is 13.1. The molecule has 1 unspecified atom stereocenters. The van der Waals surface area contributed by atoms with Gasteiger partial charge in [-0.1, -0.05) is 18.2 Å². The number of rotatable bonds is 8. The van der Waals surface area contributed by atoms with Crippen molar-refractivity contribution in [2.75, 3.05) is 30.4 Å². The maximum absolute atomic E-state index is 13.1. The Labute approximate surface area is 198 Å². The van der Waals surface area contributed by atoms with Crippen LogP contribution in [0.25, 0.3) is 0 Å². The van der Waals surface area contributed by atoms with Crippen LogP contribution in [0.4, 0.5) is 11.4 Å². The van der Waals surface area contributed by atoms with Crippen LogP contribution in [0, 0.1) is 5.92 Å². The zero-order valence-corrected chi connectivity index (χ0v) is 19.7. The van der Waals surface area contributed by atoms with Crippen LogP contribution in [-0.4, -0.2) is 34.6 Å². The van der Waals surface area contributed by atoms with Crippen LogP contribution in [0.2, 0.25) is 0 Å². The molecule has 1 heterocycles. The van der Waals surface area contributed by atoms with Gasteiger partial charge in [0.1, 0.15) is 28.8 Å². The van der Waals surface area contributed by atoms with Crippen molar-refractivity contribution < 1.29 is 27.4 Å². The van der Waals surface area contributed by atoms with E-state index in [0.29, 0.717) is 30.2 Å². The van der Waals surface area contributed by atoms with E-state index >= 15 is 0 Å². The first-order valence-electron chi connectivity index (χ1n) is 10.8. The van der Waals surface area contributed by atoms with E-state index in [1.165, 1.54) is 19.2 Å². The highest BCUT2D eigenvalue weighted by Gasteiger charge is 2.27. The average molecular weight is 483 g/mol. The summed E-state index contributed by atoms with van der Waals surface area (Å²) in [4.78, 5) is 12.8. The van der Waals surface area contributed by atoms with Crippen LogP contribution in [0.3, 0.4) is 0 Å². The van der Waals surface area contributed by atoms with Crippen LogP contribution in [0.15, 0.2) is 71.6 Å². The molecule has 3 aromatic carbocycles. The highest BCUT2D eigenvalue weighted by atomic mass is 32.2. The lowest BCUT2D eigenvalue weighted by Gasteiger charge is -2.24. The number of methoxy groups -OCH3 is 1. The molecule has 0 radical (unpaired) electrons. The average Bonchev–Trinajstić information content (AvgIpc) is 2.85. The molecule has 0 fully saturated rings. The molecule has 1 atom stereocenters. The van der Waals surface area contributed by atoms with Crippen molar-refractivity contribution in [3.8, 4) is 17.2 Å². The predicted molar refractivity (Wildman–Crippen MR) is 129 cm³/mol. The summed E-state index contributed by atoms with van der Waals surface area (Å²) in [6, 6.07) is 18.7. The molecule has 0 aromatic heterocycles. The molecule has 2 N–H and O–H groups in total. The van der Waals surface area contributed by atoms with Gasteiger partial charge in [-0.25, -0.2) is 8.42 Å². The largest absolute Gasteiger partial charge is 0.495 e. The molecule has 178 valence electrons. The highest BCUT2D eigenvalue weighted by Crippen LogP contribution is 2.31. The van der Waals surface area contributed by atoms with E-state index in [1.807, 2.05) is 31.2 Å². The predicted octanol–water partition coefficient (Wildman–Crippen LogP) is 4.08. The lowest BCUT2D eigenvalue weighted by atomic mass is 9.96. The molecule has 4 rings (SSSR count). The minimum atomic E-state index is -4.00. The molecular formula is C25H26N2O6S. The number of ether oxygens (including phenoxy) is 3. The Morgan fingerprint density at radius 1 is 1.06 bits per heavy atom. The van der Waals surface area contributed by atoms with Crippen LogP contribution in [-0.2, 0) is 21.2 Å². The van der Waals surface area contributed by atoms with E-state index in [-0.39, 0.29) is 29.1 Å². The standard InChI is InChI=1S/C25H26N2O6S/c1-3-32-21-11-8-19(9-12-21)27-34(29,30)24-15-20(10-13-23(24)31-2)26-25(28)18-14-17-6-4-5-7-22(17)33-16-18/h4-13,15,18,27H,3,14,16H2,1-2H3,(H,26,28). The second-order valence-electron chi connectivity index (χ2n) is 7.74. The number of sulfonamides is 1. The van der Waals surface area contributed by atoms with Gasteiger partial charge >= 0.3 is 0 Å². The molecule has 0 bridgehead atoms. The van der Waals surface area contributed by atoms with Crippen molar-refractivity contribution >= 4 is 27.3 Å². The van der Waals surface area contributed by atoms with Crippen molar-refractivity contribution in [2.45, 2.75) is 18.2 Å². The summed E-state index contributed by atoms with van der Waals surface area (Å²) in [5, 5.41) is 2.81. The SMILES string of the molecule is CCOc1ccc(NS(=O)(=O)c2cc(NC(=O)C3COc4ccccc4C3)ccc2OC)cc1. The molecule has 0 spiro atoms. The Morgan fingerprint density at radius 3 is 2.53 bits per heavy atom. The summed E-state index contributed by atoms with van der Waals surface area (Å²) in [6.07, 6.45) is 0.544. The second kappa shape index (κ2) is 10.0. The summed E-state index contributed by atoms with van der Waals surface area (Å²) in [6.45, 7) is 2.64. The fraction of sp³-hybridized carbons (Fsp3) is 0.240. The molecule has 8 nitrogen and oxygen atoms in total. The van der Waals surface area contributed by atoms with Gasteiger partial charge in [0.2, 0.25) is 5.91 Å². The number of para-hydroxylation sites is 1. The van der Waals surface area contributed by atoms with E-state index < -0.39 is 10.0 Å². The van der Waals surface area contributed by atoms with E-state index in [0.717, 1.165) is 11.3 Å². The Hall–Kier alpha value is -3.72. The first-order valence-corrected chi connectivity index (χ1v) is 12.3. The quantitative estimate of drug-likeness (QED) is 0.501. The van der Waals surface area contributed by atoms with E-state index in [9.17, 15) is 13.2 Å². The minimum absolute atomic E-state index is 0.0908. The Bertz CT molecular complexity index is 1270. The smallest absolute Gasteiger partial charge is 0.265 e. The molecule has 1 aliphatic heterocycles. The summed E-state index contributed by atoms with van der Waals surface area (Å²) < 4.78 is 45.1. The minimum Gasteiger partial charge on any atom is -0.495 e. The normalized spacial score (nSPS) is 14.9. The van der Waals surface area contributed by atoms with Crippen molar-refractivity contribution in [3.63, 3.8) is 0 Å². The summed E-state index contributed by atoms with van der Waals surface area (Å²) in [5.74, 6) is 0.944. The van der Waals surface area contributed by atoms with Crippen molar-refractivity contribution in [1.82, 2.24) is 0 Å². The number of hydrogen-bond donors (Lipinski definition) is 2. The Balaban J connectivity index is 1.51. The van der Waals surface area contributed by atoms with Gasteiger partial charge in [-0.3, -0.25) is 9.52 Å². The van der Waals surface area contributed by atoms with Crippen LogP contribution < -0.4 is 24.2 Å². The van der Waals surface area contributed by atoms with Gasteiger partial charge in [-0.2, -0.15) is 0 Å². The van der Waals surface area contributed by atoms with Gasteiger partial charge < -0.3 is 19.5 Å². The fourth-order valence-electron chi connectivity index (χ4n) is 3.70. The van der Waals surface area contributed by atoms with Gasteiger partial charge in [-0.05, 0) is 67.4 Å². The van der Waals surface area contributed by atoms with Gasteiger partial charge in [0.15, 0.2) is 0 Å². The number of anilines is 2. The van der Waals surface area contributed by atoms with Gasteiger partial charge in [0.05, 0.1) is 19.6 Å². The molecule has 1 aliphatic rings. The number of amides is 1. The molecule has 0 aliphatic carbocycles. The third-order valence-corrected chi connectivity index (χ3v) is 6.79. The third kappa shape index (κ3) is 5.26. The molecule has 1 amide bonds. The van der Waals surface area contributed by atoms with Crippen LogP contribution in [0.1, 0.15) is 12.5 Å². The summed E-state index contributed by atoms with van der Waals surface area (Å²) in [7, 11) is -2.61. The first kappa shape index (κ1) is 23.4. The van der Waals surface area contributed by atoms with Gasteiger partial charge in [-0.15, -0.1) is 0 Å². The number of hydrogen-bond acceptors (Lipinski definition) is 6. The maximum Gasteiger partial charge on any atom is 0.265 e. The van der Waals surface area contributed by atoms with Crippen molar-refractivity contribution in [2.24, 2.45) is 5.92 Å². The van der Waals surface area contributed by atoms with Gasteiger partial charge in [0.25, 0.3) is 10.0 Å². The molecular weight excluding hydrogens is 456 g/mol. The van der Waals surface area contributed by atoms with Crippen molar-refractivity contribution in [3.05, 3.63) is 72.3 Å². The lowest BCUT2D eigenvalue weighted by molar-refractivity contribution is -0.121. The zero-order valence-electron chi connectivity index (χ0n) is 18.9. The monoisotopic (exact) mass is 482 g/mol. The lowest BCUT2D eigenvalue weighted by Crippen LogP contribution is -2.32. The number of fused-ring (bicyclic) bond motifs is 1. The second-order valence-corrected chi connectivity index (χ2v) is 9.39. The topological polar surface area (TPSA) is 103 Å². The summed E-state index contributed by atoms with van der Waals surface area (Å²) in [5.41, 5.74) is 1.68. The highest BCUT2D eigenvalue weighted by molar-refractivity contribution is 7.92. The molecule has 9 heteroatoms. The number of carbonyl (C=O) groups is 1. The van der Waals surface area contributed by atoms with E-state index in [4.69, 9.17) is 14.2 Å². The van der Waals surface area contributed by atoms with Crippen molar-refractivity contribution in [1.29, 1.82) is 0 Å². The number of nitrogens with one attached hydrogen (secondary N) is 2. The first-order chi connectivity index (χ1) is 16.4. The summed E-state index contributed by atoms with van der Waals surface area (Å²) >= 11 is 0. The van der Waals surface area contributed by atoms with Crippen LogP contribution >= 0.6 is 0 Å². The molecule has 34 heavy (non-hydrogen) atoms. The third-order valence-electron chi connectivity index (χ3n) is 5.39. The van der Waals surface area contributed by atoms with Crippen LogP contribution in [0.5, 0.6) is 17.2 Å². The molecule has 0 saturated carbocycles.